The number of anilines is 1. The molecule has 0 aliphatic heterocycles. The number of nitriles is 1. The van der Waals surface area contributed by atoms with Crippen LogP contribution in [0, 0.1) is 11.3 Å². The maximum Gasteiger partial charge on any atom is 0.143 e. The van der Waals surface area contributed by atoms with Crippen LogP contribution in [0.3, 0.4) is 0 Å². The summed E-state index contributed by atoms with van der Waals surface area (Å²) < 4.78 is 10.6. The Bertz CT molecular complexity index is 385. The Morgan fingerprint density at radius 2 is 2.18 bits per heavy atom. The first-order valence-corrected chi connectivity index (χ1v) is 5.72. The Kier molecular flexibility index (Phi) is 5.91. The van der Waals surface area contributed by atoms with E-state index in [1.165, 1.54) is 0 Å². The van der Waals surface area contributed by atoms with Crippen LogP contribution in [0.15, 0.2) is 18.2 Å². The van der Waals surface area contributed by atoms with Crippen molar-refractivity contribution in [1.29, 1.82) is 5.26 Å². The third kappa shape index (κ3) is 3.97. The van der Waals surface area contributed by atoms with Gasteiger partial charge in [0.05, 0.1) is 25.0 Å². The van der Waals surface area contributed by atoms with Crippen LogP contribution in [0.1, 0.15) is 18.9 Å². The highest BCUT2D eigenvalue weighted by Gasteiger charge is 2.07. The van der Waals surface area contributed by atoms with E-state index >= 15 is 0 Å². The lowest BCUT2D eigenvalue weighted by atomic mass is 10.2. The number of ether oxygens (including phenoxy) is 2. The molecule has 0 fully saturated rings. The second-order valence-corrected chi connectivity index (χ2v) is 3.53. The van der Waals surface area contributed by atoms with Crippen LogP contribution in [0.25, 0.3) is 0 Å². The Morgan fingerprint density at radius 3 is 2.82 bits per heavy atom. The summed E-state index contributed by atoms with van der Waals surface area (Å²) in [6.45, 7) is 4.12. The lowest BCUT2D eigenvalue weighted by Gasteiger charge is -2.12. The van der Waals surface area contributed by atoms with E-state index in [-0.39, 0.29) is 0 Å². The molecule has 0 amide bonds. The third-order valence-electron chi connectivity index (χ3n) is 2.26. The quantitative estimate of drug-likeness (QED) is 0.736. The molecule has 92 valence electrons. The fourth-order valence-corrected chi connectivity index (χ4v) is 1.47. The van der Waals surface area contributed by atoms with Crippen molar-refractivity contribution in [3.8, 4) is 11.8 Å². The average molecular weight is 234 g/mol. The second-order valence-electron chi connectivity index (χ2n) is 3.53. The van der Waals surface area contributed by atoms with Gasteiger partial charge in [-0.15, -0.1) is 0 Å². The fourth-order valence-electron chi connectivity index (χ4n) is 1.47. The summed E-state index contributed by atoms with van der Waals surface area (Å²) in [6, 6.07) is 7.53. The molecule has 0 atom stereocenters. The molecule has 17 heavy (non-hydrogen) atoms. The third-order valence-corrected chi connectivity index (χ3v) is 2.26. The molecule has 4 heteroatoms. The van der Waals surface area contributed by atoms with Crippen LogP contribution in [-0.2, 0) is 4.74 Å². The number of benzene rings is 1. The first-order valence-electron chi connectivity index (χ1n) is 5.72. The van der Waals surface area contributed by atoms with Crippen molar-refractivity contribution < 1.29 is 9.47 Å². The molecule has 0 unspecified atom stereocenters. The monoisotopic (exact) mass is 234 g/mol. The minimum Gasteiger partial charge on any atom is -0.495 e. The number of nitrogens with one attached hydrogen (secondary N) is 1. The molecule has 1 N–H and O–H groups in total. The van der Waals surface area contributed by atoms with Crippen molar-refractivity contribution in [3.05, 3.63) is 23.8 Å². The van der Waals surface area contributed by atoms with Crippen LogP contribution in [0.5, 0.6) is 5.75 Å². The fraction of sp³-hybridized carbons (Fsp3) is 0.462. The topological polar surface area (TPSA) is 54.3 Å². The number of nitrogens with zero attached hydrogens (tertiary/aromatic N) is 1. The molecular formula is C13H18N2O2. The number of methoxy groups -OCH3 is 1. The zero-order valence-corrected chi connectivity index (χ0v) is 10.3. The van der Waals surface area contributed by atoms with E-state index in [0.29, 0.717) is 24.5 Å². The largest absolute Gasteiger partial charge is 0.495 e. The van der Waals surface area contributed by atoms with Gasteiger partial charge >= 0.3 is 0 Å². The van der Waals surface area contributed by atoms with E-state index < -0.39 is 0 Å². The molecule has 4 nitrogen and oxygen atoms in total. The molecule has 1 rings (SSSR count). The van der Waals surface area contributed by atoms with Gasteiger partial charge in [0.25, 0.3) is 0 Å². The molecule has 0 aromatic heterocycles. The van der Waals surface area contributed by atoms with Crippen molar-refractivity contribution in [2.24, 2.45) is 0 Å². The molecule has 0 saturated carbocycles. The predicted octanol–water partition coefficient (Wildman–Crippen LogP) is 2.41. The summed E-state index contributed by atoms with van der Waals surface area (Å²) in [7, 11) is 1.59. The molecule has 0 saturated heterocycles. The van der Waals surface area contributed by atoms with Gasteiger partial charge in [-0.1, -0.05) is 13.0 Å². The highest BCUT2D eigenvalue weighted by atomic mass is 16.5. The van der Waals surface area contributed by atoms with E-state index in [0.717, 1.165) is 18.7 Å². The molecule has 0 radical (unpaired) electrons. The average Bonchev–Trinajstić information content (AvgIpc) is 2.38. The van der Waals surface area contributed by atoms with Crippen molar-refractivity contribution in [3.63, 3.8) is 0 Å². The van der Waals surface area contributed by atoms with Gasteiger partial charge in [0.1, 0.15) is 11.8 Å². The Morgan fingerprint density at radius 1 is 1.35 bits per heavy atom. The van der Waals surface area contributed by atoms with Gasteiger partial charge in [0.2, 0.25) is 0 Å². The normalized spacial score (nSPS) is 9.71. The minimum atomic E-state index is 0.583. The summed E-state index contributed by atoms with van der Waals surface area (Å²) in [4.78, 5) is 0. The first-order chi connectivity index (χ1) is 8.33. The minimum absolute atomic E-state index is 0.583. The van der Waals surface area contributed by atoms with E-state index in [2.05, 4.69) is 18.3 Å². The van der Waals surface area contributed by atoms with Gasteiger partial charge in [0, 0.05) is 13.2 Å². The molecule has 1 aromatic carbocycles. The van der Waals surface area contributed by atoms with E-state index in [1.807, 2.05) is 6.07 Å². The van der Waals surface area contributed by atoms with Crippen molar-refractivity contribution >= 4 is 5.69 Å². The van der Waals surface area contributed by atoms with Crippen LogP contribution in [0.2, 0.25) is 0 Å². The highest BCUT2D eigenvalue weighted by Crippen LogP contribution is 2.27. The summed E-state index contributed by atoms with van der Waals surface area (Å²) in [5, 5.41) is 12.2. The molecule has 0 aliphatic carbocycles. The Labute approximate surface area is 102 Å². The lowest BCUT2D eigenvalue weighted by Crippen LogP contribution is -2.11. The maximum absolute atomic E-state index is 9.00. The number of hydrogen-bond donors (Lipinski definition) is 1. The van der Waals surface area contributed by atoms with E-state index in [9.17, 15) is 0 Å². The standard InChI is InChI=1S/C13H18N2O2/c1-3-8-17-9-7-15-13-11(10-14)5-4-6-12(13)16-2/h4-6,15H,3,7-9H2,1-2H3. The van der Waals surface area contributed by atoms with Gasteiger partial charge in [-0.2, -0.15) is 5.26 Å². The first kappa shape index (κ1) is 13.3. The molecule has 1 aromatic rings. The van der Waals surface area contributed by atoms with Gasteiger partial charge in [-0.3, -0.25) is 0 Å². The van der Waals surface area contributed by atoms with Gasteiger partial charge in [0.15, 0.2) is 0 Å². The van der Waals surface area contributed by atoms with Crippen LogP contribution in [-0.4, -0.2) is 26.9 Å². The number of hydrogen-bond acceptors (Lipinski definition) is 4. The Hall–Kier alpha value is -1.73. The zero-order chi connectivity index (χ0) is 12.5. The van der Waals surface area contributed by atoms with Crippen molar-refractivity contribution in [1.82, 2.24) is 0 Å². The van der Waals surface area contributed by atoms with E-state index in [4.69, 9.17) is 14.7 Å². The van der Waals surface area contributed by atoms with Gasteiger partial charge in [-0.05, 0) is 18.6 Å². The van der Waals surface area contributed by atoms with Gasteiger partial charge < -0.3 is 14.8 Å². The second kappa shape index (κ2) is 7.53. The smallest absolute Gasteiger partial charge is 0.143 e. The van der Waals surface area contributed by atoms with Crippen molar-refractivity contribution in [2.75, 3.05) is 32.2 Å². The van der Waals surface area contributed by atoms with Crippen LogP contribution < -0.4 is 10.1 Å². The zero-order valence-electron chi connectivity index (χ0n) is 10.3. The molecule has 0 aliphatic rings. The molecule has 0 bridgehead atoms. The number of rotatable bonds is 7. The molecular weight excluding hydrogens is 216 g/mol. The molecule has 0 spiro atoms. The molecule has 0 heterocycles. The Balaban J connectivity index is 2.59. The number of para-hydroxylation sites is 1. The van der Waals surface area contributed by atoms with Crippen molar-refractivity contribution in [2.45, 2.75) is 13.3 Å². The summed E-state index contributed by atoms with van der Waals surface area (Å²) in [5.74, 6) is 0.680. The maximum atomic E-state index is 9.00. The van der Waals surface area contributed by atoms with Crippen LogP contribution >= 0.6 is 0 Å². The summed E-state index contributed by atoms with van der Waals surface area (Å²) in [6.07, 6.45) is 1.01. The van der Waals surface area contributed by atoms with Gasteiger partial charge in [-0.25, -0.2) is 0 Å². The highest BCUT2D eigenvalue weighted by molar-refractivity contribution is 5.66. The SMILES string of the molecule is CCCOCCNc1c(C#N)cccc1OC. The summed E-state index contributed by atoms with van der Waals surface area (Å²) in [5.41, 5.74) is 1.32. The lowest BCUT2D eigenvalue weighted by molar-refractivity contribution is 0.144. The van der Waals surface area contributed by atoms with Crippen LogP contribution in [0.4, 0.5) is 5.69 Å². The van der Waals surface area contributed by atoms with E-state index in [1.54, 1.807) is 19.2 Å². The summed E-state index contributed by atoms with van der Waals surface area (Å²) >= 11 is 0. The predicted molar refractivity (Wildman–Crippen MR) is 67.3 cm³/mol.